The van der Waals surface area contributed by atoms with Gasteiger partial charge in [0.1, 0.15) is 68.1 Å². The summed E-state index contributed by atoms with van der Waals surface area (Å²) < 4.78 is 0. The van der Waals surface area contributed by atoms with Crippen LogP contribution in [-0.4, -0.2) is 206 Å². The number of benzene rings is 3. The lowest BCUT2D eigenvalue weighted by atomic mass is 9.76. The van der Waals surface area contributed by atoms with Gasteiger partial charge in [0.15, 0.2) is 10.0 Å². The normalized spacial score (nSPS) is 19.7. The molecule has 0 radical (unpaired) electrons. The average molecular weight is 1680 g/mol. The maximum Gasteiger partial charge on any atom is 0.365 e. The van der Waals surface area contributed by atoms with Crippen molar-refractivity contribution in [2.24, 2.45) is 29.6 Å². The number of ketones is 1. The Kier molecular flexibility index (Phi) is 32.3. The van der Waals surface area contributed by atoms with Crippen molar-refractivity contribution in [1.29, 1.82) is 0 Å². The van der Waals surface area contributed by atoms with Crippen LogP contribution in [0.2, 0.25) is 0 Å². The van der Waals surface area contributed by atoms with Crippen molar-refractivity contribution in [3.8, 4) is 33.8 Å². The van der Waals surface area contributed by atoms with Crippen molar-refractivity contribution in [3.63, 3.8) is 0 Å². The molecule has 3 aromatic carbocycles. The van der Waals surface area contributed by atoms with Gasteiger partial charge >= 0.3 is 5.97 Å². The standard InChI is InChI=1S/C58H77N11O9S2.C28H36N4O5S/c1-34(59-3)44(71)31-41(36-19-9-5-10-20-36)57(77)68-29-17-27-42(68)49(73)66-53-45(37-21-11-6-12-22-37)64-55(79-53)51(75)61-32-40(70)33-62-52(76)56-65-46(38-23-13-7-14-24-38)54(80-56)67-50(74)43-28-18-30-69(43)58(78)47(39-25-15-8-16-26-39)63-48(72)35(2)60-4;1-3-17(2)23(33)29-22(19-13-8-5-9-14-19)27(35)32-16-10-15-20(32)24(34)31-25-21(18-11-6-4-7-12-18)30-26(38-25)28(36)37/h6-7,11-14,21-24,34-36,39-43,47,59-60,70H,5,8-10,15-20,25-33H2,1-4H3,(H,61,75)(H,62,76)(H,63,72)(H,66,73)(H,67,74);4,6-7,11-12,17,19-20,22H,3,5,8-10,13-16H2,1-2H3,(H,29,33)(H,31,34)(H,36,37)/t34-,35-,40?,41-,42-,43-,47-;17-,20+,22+/m01/s1. The first-order valence-electron chi connectivity index (χ1n) is 41.9. The largest absolute Gasteiger partial charge is 0.476 e. The predicted octanol–water partition coefficient (Wildman–Crippen LogP) is 10.3. The fourth-order valence-corrected chi connectivity index (χ4v) is 19.4. The highest BCUT2D eigenvalue weighted by Gasteiger charge is 2.46. The highest BCUT2D eigenvalue weighted by Crippen LogP contribution is 2.41. The smallest absolute Gasteiger partial charge is 0.365 e. The van der Waals surface area contributed by atoms with Crippen molar-refractivity contribution in [1.82, 2.24) is 61.6 Å². The second-order valence-electron chi connectivity index (χ2n) is 31.9. The van der Waals surface area contributed by atoms with E-state index < -0.39 is 83.9 Å². The van der Waals surface area contributed by atoms with Crippen LogP contribution in [0.5, 0.6) is 0 Å². The topological polar surface area (TPSA) is 402 Å². The van der Waals surface area contributed by atoms with E-state index in [-0.39, 0.29) is 99.4 Å². The fourth-order valence-electron chi connectivity index (χ4n) is 16.7. The van der Waals surface area contributed by atoms with Crippen LogP contribution in [0, 0.1) is 29.6 Å². The van der Waals surface area contributed by atoms with E-state index in [0.717, 1.165) is 130 Å². The number of amides is 10. The van der Waals surface area contributed by atoms with Gasteiger partial charge in [0, 0.05) is 67.7 Å². The Balaban J connectivity index is 0.000000299. The average Bonchev–Trinajstić information content (AvgIpc) is 1.67. The SMILES string of the molecule is CC[C@@H](C)C(=O)N[C@H](C(=O)N1CCC[C@H]1C(=O)Nc1sc(C(=O)O)nc1-c1ccccc1)C1CCCCC1.CN[C@@H](C)C(=O)C[C@H](C(=O)N1CCC[C@H]1C(=O)Nc1sc(C(=O)NCC(O)CNC(=O)c2nc(-c3ccccc3)c(NC(=O)[C@@H]3CCCN3C(=O)[C@@H](NC(=O)[C@H](C)NC)C3CCCCC3)s2)nc1-c1ccccc1)C1CCCCC1. The number of likely N-dealkylation sites (tertiary alicyclic amines) is 3. The van der Waals surface area contributed by atoms with Gasteiger partial charge in [-0.2, -0.15) is 0 Å². The maximum absolute atomic E-state index is 14.4. The summed E-state index contributed by atoms with van der Waals surface area (Å²) in [7, 11) is 3.41. The zero-order chi connectivity index (χ0) is 84.1. The molecule has 29 nitrogen and oxygen atoms in total. The van der Waals surface area contributed by atoms with Gasteiger partial charge in [-0.1, -0.05) is 197 Å². The number of anilines is 3. The minimum absolute atomic E-state index is 0.00247. The van der Waals surface area contributed by atoms with Gasteiger partial charge in [-0.15, -0.1) is 0 Å². The fraction of sp³-hybridized carbons (Fsp3) is 0.547. The number of carboxylic acids is 1. The van der Waals surface area contributed by atoms with Crippen molar-refractivity contribution < 1.29 is 67.7 Å². The molecule has 118 heavy (non-hydrogen) atoms. The summed E-state index contributed by atoms with van der Waals surface area (Å²) in [5.74, 6) is -5.39. The van der Waals surface area contributed by atoms with Gasteiger partial charge in [-0.3, -0.25) is 52.7 Å². The molecule has 0 spiro atoms. The molecule has 11 N–H and O–H groups in total. The minimum atomic E-state index is -1.25. The van der Waals surface area contributed by atoms with E-state index in [0.29, 0.717) is 113 Å². The summed E-state index contributed by atoms with van der Waals surface area (Å²) in [5, 5.41) is 47.6. The summed E-state index contributed by atoms with van der Waals surface area (Å²) in [6, 6.07) is 22.6. The van der Waals surface area contributed by atoms with Crippen molar-refractivity contribution in [3.05, 3.63) is 106 Å². The molecule has 10 amide bonds. The van der Waals surface area contributed by atoms with Crippen LogP contribution in [0.4, 0.5) is 15.0 Å². The molecule has 6 heterocycles. The summed E-state index contributed by atoms with van der Waals surface area (Å²) in [4.78, 5) is 181. The first kappa shape index (κ1) is 89.1. The number of nitrogens with one attached hydrogen (secondary N) is 9. The number of thiazole rings is 3. The van der Waals surface area contributed by atoms with E-state index in [9.17, 15) is 67.7 Å². The molecule has 6 aliphatic rings. The molecule has 3 aliphatic heterocycles. The van der Waals surface area contributed by atoms with Gasteiger partial charge in [0.25, 0.3) is 11.8 Å². The lowest BCUT2D eigenvalue weighted by Gasteiger charge is -2.35. The number of carbonyl (C=O) groups excluding carboxylic acids is 11. The second-order valence-corrected chi connectivity index (χ2v) is 34.9. The zero-order valence-corrected chi connectivity index (χ0v) is 70.6. The lowest BCUT2D eigenvalue weighted by Crippen LogP contribution is -2.57. The molecule has 1 unspecified atom stereocenters. The summed E-state index contributed by atoms with van der Waals surface area (Å²) in [6.45, 7) is 7.96. The molecule has 6 fully saturated rings. The Bertz CT molecular complexity index is 4300. The molecule has 6 aromatic rings. The van der Waals surface area contributed by atoms with E-state index >= 15 is 0 Å². The van der Waals surface area contributed by atoms with Crippen LogP contribution in [0.15, 0.2) is 91.0 Å². The molecule has 10 atom stereocenters. The number of hydrogen-bond donors (Lipinski definition) is 11. The number of nitrogens with zero attached hydrogens (tertiary/aromatic N) is 6. The Labute approximate surface area is 701 Å². The van der Waals surface area contributed by atoms with E-state index in [1.807, 2.05) is 68.4 Å². The van der Waals surface area contributed by atoms with Gasteiger partial charge in [0.2, 0.25) is 52.3 Å². The first-order valence-corrected chi connectivity index (χ1v) is 44.4. The first-order chi connectivity index (χ1) is 56.9. The van der Waals surface area contributed by atoms with Gasteiger partial charge < -0.3 is 72.8 Å². The highest BCUT2D eigenvalue weighted by atomic mass is 32.1. The Morgan fingerprint density at radius 1 is 0.441 bits per heavy atom. The van der Waals surface area contributed by atoms with E-state index in [2.05, 4.69) is 62.8 Å². The highest BCUT2D eigenvalue weighted by molar-refractivity contribution is 7.19. The third-order valence-corrected chi connectivity index (χ3v) is 26.8. The summed E-state index contributed by atoms with van der Waals surface area (Å²) >= 11 is 2.81. The molecule has 3 saturated carbocycles. The molecule has 0 bridgehead atoms. The predicted molar refractivity (Wildman–Crippen MR) is 454 cm³/mol. The zero-order valence-electron chi connectivity index (χ0n) is 68.2. The number of likely N-dealkylation sites (N-methyl/N-ethyl adjacent to an activating group) is 2. The number of aromatic nitrogens is 3. The number of aliphatic hydroxyl groups is 1. The number of rotatable bonds is 32. The summed E-state index contributed by atoms with van der Waals surface area (Å²) in [5.41, 5.74) is 3.06. The molecule has 3 aliphatic carbocycles. The monoisotopic (exact) mass is 1680 g/mol. The van der Waals surface area contributed by atoms with Crippen molar-refractivity contribution >= 4 is 120 Å². The molecule has 12 rings (SSSR count). The molecule has 32 heteroatoms. The number of carbonyl (C=O) groups is 12. The Morgan fingerprint density at radius 3 is 1.15 bits per heavy atom. The van der Waals surface area contributed by atoms with Gasteiger partial charge in [0.05, 0.1) is 18.2 Å². The Morgan fingerprint density at radius 2 is 0.788 bits per heavy atom. The van der Waals surface area contributed by atoms with E-state index in [4.69, 9.17) is 0 Å². The van der Waals surface area contributed by atoms with Crippen molar-refractivity contribution in [2.75, 3.05) is 62.8 Å². The molecular weight excluding hydrogens is 1560 g/mol. The molecular formula is C86H113N15O14S3. The number of Topliss-reactive ketones (excluding diaryl/α,β-unsaturated/α-hetero) is 1. The molecule has 634 valence electrons. The van der Waals surface area contributed by atoms with Gasteiger partial charge in [-0.05, 0) is 129 Å². The number of aromatic carboxylic acids is 1. The van der Waals surface area contributed by atoms with E-state index in [1.165, 1.54) is 0 Å². The van der Waals surface area contributed by atoms with Crippen LogP contribution in [0.1, 0.15) is 205 Å². The Hall–Kier alpha value is -9.73. The van der Waals surface area contributed by atoms with Crippen LogP contribution in [-0.2, 0) is 43.2 Å². The molecule has 3 aromatic heterocycles. The lowest BCUT2D eigenvalue weighted by molar-refractivity contribution is -0.144. The third-order valence-electron chi connectivity index (χ3n) is 23.9. The quantitative estimate of drug-likeness (QED) is 0.0187. The van der Waals surface area contributed by atoms with Gasteiger partial charge in [-0.25, -0.2) is 19.7 Å². The third kappa shape index (κ3) is 22.6. The van der Waals surface area contributed by atoms with E-state index in [1.54, 1.807) is 79.0 Å². The number of carboxylic acid groups (broad SMARTS) is 1. The van der Waals surface area contributed by atoms with Crippen LogP contribution >= 0.6 is 34.0 Å². The molecule has 3 saturated heterocycles. The van der Waals surface area contributed by atoms with Crippen LogP contribution in [0.3, 0.4) is 0 Å². The van der Waals surface area contributed by atoms with Crippen LogP contribution < -0.4 is 47.9 Å². The number of aliphatic hydroxyl groups excluding tert-OH is 1. The maximum atomic E-state index is 14.4. The minimum Gasteiger partial charge on any atom is -0.476 e. The summed E-state index contributed by atoms with van der Waals surface area (Å²) in [6.07, 6.45) is 17.1. The number of hydrogen-bond acceptors (Lipinski definition) is 21. The van der Waals surface area contributed by atoms with Crippen molar-refractivity contribution in [2.45, 2.75) is 224 Å². The second kappa shape index (κ2) is 42.8. The van der Waals surface area contributed by atoms with Crippen LogP contribution in [0.25, 0.3) is 33.8 Å².